The van der Waals surface area contributed by atoms with E-state index >= 15 is 0 Å². The van der Waals surface area contributed by atoms with Gasteiger partial charge in [-0.1, -0.05) is 23.2 Å². The number of hydrogen-bond acceptors (Lipinski definition) is 4. The highest BCUT2D eigenvalue weighted by Gasteiger charge is 2.10. The van der Waals surface area contributed by atoms with Gasteiger partial charge in [0.15, 0.2) is 4.47 Å². The van der Waals surface area contributed by atoms with E-state index in [0.29, 0.717) is 31.8 Å². The quantitative estimate of drug-likeness (QED) is 0.861. The van der Waals surface area contributed by atoms with Crippen LogP contribution in [0.4, 0.5) is 5.69 Å². The Morgan fingerprint density at radius 2 is 2.22 bits per heavy atom. The van der Waals surface area contributed by atoms with Crippen molar-refractivity contribution in [3.63, 3.8) is 0 Å². The molecule has 0 aliphatic heterocycles. The fourth-order valence-electron chi connectivity index (χ4n) is 1.35. The smallest absolute Gasteiger partial charge is 0.183 e. The maximum atomic E-state index is 9.10. The second-order valence-corrected chi connectivity index (χ2v) is 6.26. The number of anilines is 1. The first-order chi connectivity index (χ1) is 8.61. The molecule has 0 aliphatic rings. The molecule has 92 valence electrons. The van der Waals surface area contributed by atoms with Crippen molar-refractivity contribution in [1.29, 1.82) is 5.26 Å². The lowest BCUT2D eigenvalue weighted by atomic mass is 10.2. The Morgan fingerprint density at radius 3 is 2.83 bits per heavy atom. The van der Waals surface area contributed by atoms with E-state index in [0.717, 1.165) is 4.88 Å². The van der Waals surface area contributed by atoms with Crippen LogP contribution in [0.25, 0.3) is 0 Å². The molecule has 1 aromatic heterocycles. The number of nitrogens with one attached hydrogen (secondary N) is 1. The molecule has 0 radical (unpaired) electrons. The standard InChI is InChI=1S/C11H6BrCl2N3S/c12-8-1-2-9(7(3-15)10(8)13)16-4-6-5-17-11(14)18-6/h1-2,5,16H,4H2. The third-order valence-corrected chi connectivity index (χ3v) is 4.58. The Morgan fingerprint density at radius 1 is 1.44 bits per heavy atom. The zero-order valence-electron chi connectivity index (χ0n) is 8.88. The summed E-state index contributed by atoms with van der Waals surface area (Å²) in [6.45, 7) is 0.553. The van der Waals surface area contributed by atoms with Crippen molar-refractivity contribution in [3.8, 4) is 6.07 Å². The zero-order chi connectivity index (χ0) is 13.1. The molecule has 0 aliphatic carbocycles. The summed E-state index contributed by atoms with van der Waals surface area (Å²) in [5, 5.41) is 12.7. The number of hydrogen-bond donors (Lipinski definition) is 1. The predicted octanol–water partition coefficient (Wildman–Crippen LogP) is 4.70. The van der Waals surface area contributed by atoms with Crippen LogP contribution in [-0.2, 0) is 6.54 Å². The fraction of sp³-hybridized carbons (Fsp3) is 0.0909. The van der Waals surface area contributed by atoms with Crippen LogP contribution < -0.4 is 5.32 Å². The van der Waals surface area contributed by atoms with Gasteiger partial charge in [0.1, 0.15) is 6.07 Å². The largest absolute Gasteiger partial charge is 0.379 e. The van der Waals surface area contributed by atoms with Crippen molar-refractivity contribution in [2.75, 3.05) is 5.32 Å². The second kappa shape index (κ2) is 5.89. The van der Waals surface area contributed by atoms with Crippen LogP contribution in [0.5, 0.6) is 0 Å². The zero-order valence-corrected chi connectivity index (χ0v) is 12.8. The maximum absolute atomic E-state index is 9.10. The van der Waals surface area contributed by atoms with E-state index in [9.17, 15) is 0 Å². The van der Waals surface area contributed by atoms with Gasteiger partial charge < -0.3 is 5.32 Å². The van der Waals surface area contributed by atoms with Crippen molar-refractivity contribution in [2.24, 2.45) is 0 Å². The van der Waals surface area contributed by atoms with E-state index in [1.165, 1.54) is 11.3 Å². The molecule has 2 aromatic rings. The normalized spacial score (nSPS) is 10.1. The van der Waals surface area contributed by atoms with Crippen molar-refractivity contribution in [2.45, 2.75) is 6.54 Å². The molecule has 0 bridgehead atoms. The first-order valence-electron chi connectivity index (χ1n) is 4.84. The van der Waals surface area contributed by atoms with Gasteiger partial charge in [-0.2, -0.15) is 5.26 Å². The Kier molecular flexibility index (Phi) is 4.46. The van der Waals surface area contributed by atoms with Crippen molar-refractivity contribution in [1.82, 2.24) is 4.98 Å². The van der Waals surface area contributed by atoms with Crippen LogP contribution in [0.3, 0.4) is 0 Å². The third-order valence-electron chi connectivity index (χ3n) is 2.19. The predicted molar refractivity (Wildman–Crippen MR) is 78.3 cm³/mol. The van der Waals surface area contributed by atoms with Crippen molar-refractivity contribution >= 4 is 56.2 Å². The Labute approximate surface area is 126 Å². The molecule has 1 aromatic carbocycles. The minimum Gasteiger partial charge on any atom is -0.379 e. The number of nitriles is 1. The summed E-state index contributed by atoms with van der Waals surface area (Å²) in [5.74, 6) is 0. The molecular formula is C11H6BrCl2N3S. The molecule has 0 unspecified atom stereocenters. The molecule has 3 nitrogen and oxygen atoms in total. The highest BCUT2D eigenvalue weighted by Crippen LogP contribution is 2.31. The van der Waals surface area contributed by atoms with Gasteiger partial charge in [-0.3, -0.25) is 0 Å². The fourth-order valence-corrected chi connectivity index (χ4v) is 2.81. The van der Waals surface area contributed by atoms with Gasteiger partial charge in [0.25, 0.3) is 0 Å². The summed E-state index contributed by atoms with van der Waals surface area (Å²) in [6, 6.07) is 5.68. The van der Waals surface area contributed by atoms with Crippen LogP contribution in [-0.4, -0.2) is 4.98 Å². The van der Waals surface area contributed by atoms with Crippen molar-refractivity contribution in [3.05, 3.63) is 42.7 Å². The summed E-state index contributed by atoms with van der Waals surface area (Å²) in [4.78, 5) is 4.94. The summed E-state index contributed by atoms with van der Waals surface area (Å²) in [6.07, 6.45) is 1.70. The Hall–Kier alpha value is -0.800. The lowest BCUT2D eigenvalue weighted by Crippen LogP contribution is -2.00. The van der Waals surface area contributed by atoms with E-state index < -0.39 is 0 Å². The van der Waals surface area contributed by atoms with Crippen LogP contribution in [0.2, 0.25) is 9.49 Å². The van der Waals surface area contributed by atoms with Gasteiger partial charge in [0, 0.05) is 15.5 Å². The average molecular weight is 363 g/mol. The monoisotopic (exact) mass is 361 g/mol. The van der Waals surface area contributed by atoms with Crippen LogP contribution in [0.15, 0.2) is 22.8 Å². The topological polar surface area (TPSA) is 48.7 Å². The number of rotatable bonds is 3. The van der Waals surface area contributed by atoms with E-state index in [1.54, 1.807) is 18.3 Å². The minimum atomic E-state index is 0.407. The van der Waals surface area contributed by atoms with Crippen LogP contribution in [0, 0.1) is 11.3 Å². The molecule has 18 heavy (non-hydrogen) atoms. The number of benzene rings is 1. The van der Waals surface area contributed by atoms with E-state index in [2.05, 4.69) is 32.3 Å². The molecule has 0 fully saturated rings. The van der Waals surface area contributed by atoms with E-state index in [1.807, 2.05) is 0 Å². The number of aromatic nitrogens is 1. The molecule has 0 saturated carbocycles. The number of halogens is 3. The van der Waals surface area contributed by atoms with E-state index in [-0.39, 0.29) is 0 Å². The summed E-state index contributed by atoms with van der Waals surface area (Å²) in [7, 11) is 0. The molecule has 2 rings (SSSR count). The summed E-state index contributed by atoms with van der Waals surface area (Å²) >= 11 is 16.5. The van der Waals surface area contributed by atoms with Gasteiger partial charge in [-0.15, -0.1) is 11.3 Å². The second-order valence-electron chi connectivity index (χ2n) is 3.33. The SMILES string of the molecule is N#Cc1c(NCc2cnc(Cl)s2)ccc(Br)c1Cl. The number of nitrogens with zero attached hydrogens (tertiary/aromatic N) is 2. The third kappa shape index (κ3) is 2.96. The lowest BCUT2D eigenvalue weighted by Gasteiger charge is -2.08. The lowest BCUT2D eigenvalue weighted by molar-refractivity contribution is 1.17. The Balaban J connectivity index is 2.20. The van der Waals surface area contributed by atoms with Crippen LogP contribution in [0.1, 0.15) is 10.4 Å². The van der Waals surface area contributed by atoms with Gasteiger partial charge in [0.05, 0.1) is 22.8 Å². The highest BCUT2D eigenvalue weighted by molar-refractivity contribution is 9.10. The molecule has 7 heteroatoms. The van der Waals surface area contributed by atoms with Gasteiger partial charge in [0.2, 0.25) is 0 Å². The van der Waals surface area contributed by atoms with Gasteiger partial charge in [-0.25, -0.2) is 4.98 Å². The highest BCUT2D eigenvalue weighted by atomic mass is 79.9. The maximum Gasteiger partial charge on any atom is 0.183 e. The molecule has 1 heterocycles. The molecular weight excluding hydrogens is 357 g/mol. The van der Waals surface area contributed by atoms with Crippen molar-refractivity contribution < 1.29 is 0 Å². The molecule has 0 amide bonds. The molecule has 0 atom stereocenters. The van der Waals surface area contributed by atoms with Gasteiger partial charge in [-0.05, 0) is 28.1 Å². The first kappa shape index (κ1) is 13.6. The molecule has 0 saturated heterocycles. The summed E-state index contributed by atoms with van der Waals surface area (Å²) in [5.41, 5.74) is 1.11. The summed E-state index contributed by atoms with van der Waals surface area (Å²) < 4.78 is 1.20. The number of thiazole rings is 1. The first-order valence-corrected chi connectivity index (χ1v) is 7.20. The van der Waals surface area contributed by atoms with E-state index in [4.69, 9.17) is 28.5 Å². The van der Waals surface area contributed by atoms with Gasteiger partial charge >= 0.3 is 0 Å². The molecule has 0 spiro atoms. The van der Waals surface area contributed by atoms with Crippen LogP contribution >= 0.6 is 50.5 Å². The average Bonchev–Trinajstić information content (AvgIpc) is 2.77. The Bertz CT molecular complexity index is 621. The molecule has 1 N–H and O–H groups in total. The minimum absolute atomic E-state index is 0.407.